The van der Waals surface area contributed by atoms with Gasteiger partial charge in [-0.1, -0.05) is 46.9 Å². The van der Waals surface area contributed by atoms with Gasteiger partial charge in [-0.2, -0.15) is 0 Å². The van der Waals surface area contributed by atoms with Gasteiger partial charge < -0.3 is 5.32 Å². The first-order valence-electron chi connectivity index (χ1n) is 6.07. The van der Waals surface area contributed by atoms with E-state index in [1.54, 1.807) is 24.3 Å². The maximum absolute atomic E-state index is 13.5. The van der Waals surface area contributed by atoms with Crippen LogP contribution in [0.3, 0.4) is 0 Å². The molecule has 0 heterocycles. The lowest BCUT2D eigenvalue weighted by Gasteiger charge is -2.18. The molecule has 0 aliphatic rings. The lowest BCUT2D eigenvalue weighted by molar-refractivity contribution is 0.577. The molecule has 0 radical (unpaired) electrons. The van der Waals surface area contributed by atoms with Crippen LogP contribution >= 0.6 is 34.8 Å². The molecule has 106 valence electrons. The van der Waals surface area contributed by atoms with E-state index in [0.29, 0.717) is 16.5 Å². The predicted molar refractivity (Wildman–Crippen MR) is 83.4 cm³/mol. The molecule has 0 fully saturated rings. The number of hydrogen-bond acceptors (Lipinski definition) is 1. The van der Waals surface area contributed by atoms with Crippen LogP contribution < -0.4 is 5.32 Å². The second-order valence-electron chi connectivity index (χ2n) is 4.45. The van der Waals surface area contributed by atoms with E-state index in [2.05, 4.69) is 5.32 Å². The fourth-order valence-electron chi connectivity index (χ4n) is 2.02. The van der Waals surface area contributed by atoms with Crippen molar-refractivity contribution < 1.29 is 4.39 Å². The fourth-order valence-corrected chi connectivity index (χ4v) is 2.63. The molecule has 1 N–H and O–H groups in total. The summed E-state index contributed by atoms with van der Waals surface area (Å²) in [6.45, 7) is 0. The Bertz CT molecular complexity index is 616. The number of nitrogens with one attached hydrogen (secondary N) is 1. The summed E-state index contributed by atoms with van der Waals surface area (Å²) in [7, 11) is 1.82. The lowest BCUT2D eigenvalue weighted by atomic mass is 9.99. The van der Waals surface area contributed by atoms with Crippen LogP contribution in [0.4, 0.5) is 4.39 Å². The summed E-state index contributed by atoms with van der Waals surface area (Å²) in [6, 6.07) is 10.1. The van der Waals surface area contributed by atoms with Gasteiger partial charge in [0.15, 0.2) is 0 Å². The minimum atomic E-state index is -0.424. The van der Waals surface area contributed by atoms with Gasteiger partial charge in [-0.15, -0.1) is 0 Å². The van der Waals surface area contributed by atoms with Gasteiger partial charge in [0.25, 0.3) is 0 Å². The number of rotatable bonds is 4. The minimum absolute atomic E-state index is 0.0551. The van der Waals surface area contributed by atoms with E-state index in [-0.39, 0.29) is 11.1 Å². The van der Waals surface area contributed by atoms with Gasteiger partial charge in [0.05, 0.1) is 5.02 Å². The molecule has 2 rings (SSSR count). The molecule has 0 aromatic heterocycles. The van der Waals surface area contributed by atoms with Crippen molar-refractivity contribution in [1.29, 1.82) is 0 Å². The summed E-state index contributed by atoms with van der Waals surface area (Å²) in [5.41, 5.74) is 1.77. The highest BCUT2D eigenvalue weighted by Gasteiger charge is 2.14. The molecule has 0 spiro atoms. The average Bonchev–Trinajstić information content (AvgIpc) is 2.41. The van der Waals surface area contributed by atoms with Crippen molar-refractivity contribution in [2.45, 2.75) is 12.5 Å². The quantitative estimate of drug-likeness (QED) is 0.802. The number of halogens is 4. The Morgan fingerprint density at radius 1 is 1.05 bits per heavy atom. The molecule has 0 bridgehead atoms. The van der Waals surface area contributed by atoms with Gasteiger partial charge in [-0.05, 0) is 48.9 Å². The number of hydrogen-bond donors (Lipinski definition) is 1. The Labute approximate surface area is 132 Å². The van der Waals surface area contributed by atoms with Gasteiger partial charge in [-0.3, -0.25) is 0 Å². The fraction of sp³-hybridized carbons (Fsp3) is 0.200. The van der Waals surface area contributed by atoms with Crippen LogP contribution in [0.2, 0.25) is 15.1 Å². The van der Waals surface area contributed by atoms with E-state index in [4.69, 9.17) is 34.8 Å². The number of likely N-dealkylation sites (N-methyl/N-ethyl adjacent to an activating group) is 1. The Morgan fingerprint density at radius 3 is 2.40 bits per heavy atom. The van der Waals surface area contributed by atoms with Crippen LogP contribution in [-0.4, -0.2) is 7.05 Å². The standard InChI is InChI=1S/C15H13Cl3FN/c1-20-15(10-3-5-12(17)14(19)6-10)7-9-2-4-11(16)8-13(9)18/h2-6,8,15,20H,7H2,1H3. The van der Waals surface area contributed by atoms with Crippen LogP contribution in [0.1, 0.15) is 17.2 Å². The van der Waals surface area contributed by atoms with Crippen LogP contribution in [0, 0.1) is 5.82 Å². The number of benzene rings is 2. The van der Waals surface area contributed by atoms with E-state index in [0.717, 1.165) is 11.1 Å². The zero-order chi connectivity index (χ0) is 14.7. The Kier molecular flexibility index (Phi) is 5.28. The third kappa shape index (κ3) is 3.64. The maximum atomic E-state index is 13.5. The summed E-state index contributed by atoms with van der Waals surface area (Å²) in [5, 5.41) is 4.47. The zero-order valence-corrected chi connectivity index (χ0v) is 13.0. The van der Waals surface area contributed by atoms with Crippen LogP contribution in [0.5, 0.6) is 0 Å². The Balaban J connectivity index is 2.26. The van der Waals surface area contributed by atoms with Crippen LogP contribution in [-0.2, 0) is 6.42 Å². The molecule has 1 atom stereocenters. The highest BCUT2D eigenvalue weighted by molar-refractivity contribution is 6.35. The van der Waals surface area contributed by atoms with Crippen molar-refractivity contribution in [3.8, 4) is 0 Å². The first-order valence-corrected chi connectivity index (χ1v) is 7.21. The molecular formula is C15H13Cl3FN. The molecule has 0 saturated heterocycles. The van der Waals surface area contributed by atoms with Gasteiger partial charge >= 0.3 is 0 Å². The minimum Gasteiger partial charge on any atom is -0.313 e. The van der Waals surface area contributed by atoms with Gasteiger partial charge in [0.1, 0.15) is 5.82 Å². The smallest absolute Gasteiger partial charge is 0.142 e. The van der Waals surface area contributed by atoms with E-state index in [1.807, 2.05) is 13.1 Å². The van der Waals surface area contributed by atoms with Crippen molar-refractivity contribution in [1.82, 2.24) is 5.32 Å². The first kappa shape index (κ1) is 15.6. The summed E-state index contributed by atoms with van der Waals surface area (Å²) in [5.74, 6) is -0.424. The first-order chi connectivity index (χ1) is 9.51. The third-order valence-electron chi connectivity index (χ3n) is 3.13. The summed E-state index contributed by atoms with van der Waals surface area (Å²) in [6.07, 6.45) is 0.633. The highest BCUT2D eigenvalue weighted by atomic mass is 35.5. The SMILES string of the molecule is CNC(Cc1ccc(Cl)cc1Cl)c1ccc(Cl)c(F)c1. The van der Waals surface area contributed by atoms with Gasteiger partial charge in [-0.25, -0.2) is 4.39 Å². The molecule has 0 amide bonds. The molecule has 0 aliphatic carbocycles. The van der Waals surface area contributed by atoms with E-state index in [9.17, 15) is 4.39 Å². The topological polar surface area (TPSA) is 12.0 Å². The van der Waals surface area contributed by atoms with Crippen molar-refractivity contribution >= 4 is 34.8 Å². The molecule has 0 aliphatic heterocycles. The maximum Gasteiger partial charge on any atom is 0.142 e. The summed E-state index contributed by atoms with van der Waals surface area (Å²) < 4.78 is 13.5. The van der Waals surface area contributed by atoms with E-state index in [1.165, 1.54) is 6.07 Å². The molecule has 2 aromatic carbocycles. The average molecular weight is 333 g/mol. The summed E-state index contributed by atoms with van der Waals surface area (Å²) in [4.78, 5) is 0. The van der Waals surface area contributed by atoms with Crippen molar-refractivity contribution in [3.05, 3.63) is 68.4 Å². The van der Waals surface area contributed by atoms with E-state index >= 15 is 0 Å². The van der Waals surface area contributed by atoms with Crippen LogP contribution in [0.25, 0.3) is 0 Å². The summed E-state index contributed by atoms with van der Waals surface area (Å²) >= 11 is 17.7. The second kappa shape index (κ2) is 6.77. The molecular weight excluding hydrogens is 320 g/mol. The van der Waals surface area contributed by atoms with Gasteiger partial charge in [0.2, 0.25) is 0 Å². The zero-order valence-electron chi connectivity index (χ0n) is 10.8. The monoisotopic (exact) mass is 331 g/mol. The molecule has 5 heteroatoms. The molecule has 1 nitrogen and oxygen atoms in total. The normalized spacial score (nSPS) is 12.4. The molecule has 2 aromatic rings. The largest absolute Gasteiger partial charge is 0.313 e. The molecule has 0 saturated carbocycles. The van der Waals surface area contributed by atoms with Gasteiger partial charge in [0, 0.05) is 16.1 Å². The van der Waals surface area contributed by atoms with Crippen molar-refractivity contribution in [2.24, 2.45) is 0 Å². The molecule has 1 unspecified atom stereocenters. The van der Waals surface area contributed by atoms with Crippen molar-refractivity contribution in [3.63, 3.8) is 0 Å². The second-order valence-corrected chi connectivity index (χ2v) is 5.71. The lowest BCUT2D eigenvalue weighted by Crippen LogP contribution is -2.19. The molecule has 20 heavy (non-hydrogen) atoms. The Morgan fingerprint density at radius 2 is 1.80 bits per heavy atom. The third-order valence-corrected chi connectivity index (χ3v) is 4.03. The highest BCUT2D eigenvalue weighted by Crippen LogP contribution is 2.27. The van der Waals surface area contributed by atoms with Crippen molar-refractivity contribution in [2.75, 3.05) is 7.05 Å². The predicted octanol–water partition coefficient (Wildman–Crippen LogP) is 5.29. The Hall–Kier alpha value is -0.800. The van der Waals surface area contributed by atoms with Crippen LogP contribution in [0.15, 0.2) is 36.4 Å². The van der Waals surface area contributed by atoms with E-state index < -0.39 is 5.82 Å².